The van der Waals surface area contributed by atoms with Gasteiger partial charge in [0.15, 0.2) is 17.5 Å². The fourth-order valence-corrected chi connectivity index (χ4v) is 12.4. The number of rotatable bonds is 15. The van der Waals surface area contributed by atoms with E-state index in [9.17, 15) is 0 Å². The van der Waals surface area contributed by atoms with Crippen LogP contribution in [0.3, 0.4) is 0 Å². The third-order valence-corrected chi connectivity index (χ3v) is 16.5. The van der Waals surface area contributed by atoms with Crippen molar-refractivity contribution in [2.75, 3.05) is 0 Å². The van der Waals surface area contributed by atoms with E-state index in [2.05, 4.69) is 18.2 Å². The molecule has 0 radical (unpaired) electrons. The van der Waals surface area contributed by atoms with Crippen LogP contribution in [0.5, 0.6) is 0 Å². The lowest BCUT2D eigenvalue weighted by atomic mass is 9.83. The molecular weight excluding hydrogens is 1180 g/mol. The Labute approximate surface area is 552 Å². The standard InChI is InChI=1S/C81H51N15/c1-13-37-82-58(25-1)52-49-55(73(64-31-7-19-43-88-64)76(67-34-10-22-46-91-67)70(52)61-28-4-16-40-85-61)79-94-80(56-50-53(59-26-2-14-38-83-59)71(62-29-5-17-41-86-62)77(68-35-11-23-47-92-68)74(56)65-32-8-20-44-89-65)96-81(95-79)57-51-54(60-27-3-15-39-84-60)72(63-30-6-18-42-87-63)78(69-36-12-24-48-93-69)75(57)66-33-9-21-45-90-66/h1-51H. The van der Waals surface area contributed by atoms with Crippen LogP contribution in [0.1, 0.15) is 0 Å². The van der Waals surface area contributed by atoms with Gasteiger partial charge in [0.2, 0.25) is 0 Å². The monoisotopic (exact) mass is 1230 g/mol. The smallest absolute Gasteiger partial charge is 0.164 e. The number of nitrogens with zero attached hydrogens (tertiary/aromatic N) is 15. The van der Waals surface area contributed by atoms with Gasteiger partial charge in [-0.1, -0.05) is 72.8 Å². The lowest BCUT2D eigenvalue weighted by Gasteiger charge is -2.24. The predicted octanol–water partition coefficient (Wildman–Crippen LogP) is 17.6. The molecule has 0 aliphatic heterocycles. The Morgan fingerprint density at radius 3 is 0.438 bits per heavy atom. The highest BCUT2D eigenvalue weighted by Gasteiger charge is 2.33. The molecule has 96 heavy (non-hydrogen) atoms. The summed E-state index contributed by atoms with van der Waals surface area (Å²) in [5.74, 6) is 0.824. The van der Waals surface area contributed by atoms with Crippen molar-refractivity contribution < 1.29 is 0 Å². The SMILES string of the molecule is c1ccc(-c2cc(-c3nc(-c4cc(-c5ccccn5)c(-c5ccccn5)c(-c5ccccn5)c4-c4ccccn4)nc(-c4cc(-c5ccccn5)c(-c5ccccn5)c(-c5ccccn5)c4-c4ccccn4)n3)c(-c3ccccn3)c(-c3ccccn3)c2-c2ccccn2)nc1. The third kappa shape index (κ3) is 11.0. The molecule has 13 heterocycles. The van der Waals surface area contributed by atoms with Crippen molar-refractivity contribution in [3.8, 4) is 169 Å². The molecule has 0 amide bonds. The van der Waals surface area contributed by atoms with Crippen LogP contribution in [0.4, 0.5) is 0 Å². The molecule has 15 heteroatoms. The summed E-state index contributed by atoms with van der Waals surface area (Å²) in [6, 6.07) is 77.0. The zero-order valence-electron chi connectivity index (χ0n) is 51.2. The van der Waals surface area contributed by atoms with E-state index in [-0.39, 0.29) is 17.5 Å². The highest BCUT2D eigenvalue weighted by Crippen LogP contribution is 2.53. The number of hydrogen-bond acceptors (Lipinski definition) is 15. The van der Waals surface area contributed by atoms with Crippen LogP contribution in [0.15, 0.2) is 311 Å². The van der Waals surface area contributed by atoms with Gasteiger partial charge >= 0.3 is 0 Å². The minimum absolute atomic E-state index is 0.275. The molecular formula is C81H51N15. The largest absolute Gasteiger partial charge is 0.256 e. The summed E-state index contributed by atoms with van der Waals surface area (Å²) in [5.41, 5.74) is 18.4. The fraction of sp³-hybridized carbons (Fsp3) is 0. The van der Waals surface area contributed by atoms with Gasteiger partial charge < -0.3 is 0 Å². The average Bonchev–Trinajstić information content (AvgIpc) is 0.741. The fourth-order valence-electron chi connectivity index (χ4n) is 12.4. The van der Waals surface area contributed by atoms with Crippen LogP contribution in [-0.4, -0.2) is 74.8 Å². The molecule has 0 saturated heterocycles. The zero-order valence-corrected chi connectivity index (χ0v) is 51.2. The van der Waals surface area contributed by atoms with Crippen LogP contribution in [0.2, 0.25) is 0 Å². The van der Waals surface area contributed by atoms with Crippen LogP contribution in [0.25, 0.3) is 169 Å². The van der Waals surface area contributed by atoms with Gasteiger partial charge in [-0.25, -0.2) is 15.0 Å². The van der Waals surface area contributed by atoms with Crippen LogP contribution in [0, 0.1) is 0 Å². The first-order chi connectivity index (χ1) is 47.7. The van der Waals surface area contributed by atoms with E-state index in [0.29, 0.717) is 102 Å². The van der Waals surface area contributed by atoms with E-state index < -0.39 is 0 Å². The Morgan fingerprint density at radius 1 is 0.135 bits per heavy atom. The normalized spacial score (nSPS) is 11.1. The summed E-state index contributed by atoms with van der Waals surface area (Å²) >= 11 is 0. The maximum atomic E-state index is 5.90. The second-order valence-corrected chi connectivity index (χ2v) is 22.2. The van der Waals surface area contributed by atoms with Gasteiger partial charge in [-0.2, -0.15) is 0 Å². The molecule has 0 bridgehead atoms. The van der Waals surface area contributed by atoms with Gasteiger partial charge in [-0.05, 0) is 164 Å². The number of benzene rings is 3. The lowest BCUT2D eigenvalue weighted by molar-refractivity contribution is 1.07. The first-order valence-electron chi connectivity index (χ1n) is 31.1. The Balaban J connectivity index is 1.15. The van der Waals surface area contributed by atoms with Gasteiger partial charge in [-0.3, -0.25) is 59.8 Å². The van der Waals surface area contributed by atoms with Gasteiger partial charge in [0, 0.05) is 158 Å². The summed E-state index contributed by atoms with van der Waals surface area (Å²) in [6.45, 7) is 0. The molecule has 0 atom stereocenters. The van der Waals surface area contributed by atoms with Crippen LogP contribution in [-0.2, 0) is 0 Å². The second-order valence-electron chi connectivity index (χ2n) is 22.2. The molecule has 0 aliphatic carbocycles. The van der Waals surface area contributed by atoms with E-state index in [4.69, 9.17) is 74.8 Å². The molecule has 16 aromatic rings. The molecule has 0 spiro atoms. The quantitative estimate of drug-likeness (QED) is 0.0940. The first kappa shape index (κ1) is 57.6. The molecule has 0 saturated carbocycles. The van der Waals surface area contributed by atoms with Crippen molar-refractivity contribution in [1.29, 1.82) is 0 Å². The van der Waals surface area contributed by atoms with Gasteiger partial charge in [0.1, 0.15) is 0 Å². The Morgan fingerprint density at radius 2 is 0.281 bits per heavy atom. The minimum Gasteiger partial charge on any atom is -0.256 e. The second kappa shape index (κ2) is 26.0. The van der Waals surface area contributed by atoms with Gasteiger partial charge in [0.25, 0.3) is 0 Å². The van der Waals surface area contributed by atoms with E-state index in [1.807, 2.05) is 218 Å². The van der Waals surface area contributed by atoms with Crippen LogP contribution >= 0.6 is 0 Å². The average molecular weight is 1230 g/mol. The highest BCUT2D eigenvalue weighted by molar-refractivity contribution is 6.09. The van der Waals surface area contributed by atoms with Crippen molar-refractivity contribution in [3.63, 3.8) is 0 Å². The third-order valence-electron chi connectivity index (χ3n) is 16.5. The number of hydrogen-bond donors (Lipinski definition) is 0. The summed E-state index contributed by atoms with van der Waals surface area (Å²) in [6.07, 6.45) is 21.5. The van der Waals surface area contributed by atoms with E-state index in [1.165, 1.54) is 0 Å². The number of pyridine rings is 12. The Hall–Kier alpha value is -13.5. The lowest BCUT2D eigenvalue weighted by Crippen LogP contribution is -2.08. The summed E-state index contributed by atoms with van der Waals surface area (Å²) < 4.78 is 0. The highest BCUT2D eigenvalue weighted by atomic mass is 15.0. The molecule has 450 valence electrons. The van der Waals surface area contributed by atoms with Crippen molar-refractivity contribution in [1.82, 2.24) is 74.8 Å². The number of aromatic nitrogens is 15. The first-order valence-corrected chi connectivity index (χ1v) is 31.1. The van der Waals surface area contributed by atoms with Crippen molar-refractivity contribution in [2.24, 2.45) is 0 Å². The summed E-state index contributed by atoms with van der Waals surface area (Å²) in [4.78, 5) is 79.2. The van der Waals surface area contributed by atoms with Crippen LogP contribution < -0.4 is 0 Å². The molecule has 3 aromatic carbocycles. The van der Waals surface area contributed by atoms with Crippen molar-refractivity contribution in [2.45, 2.75) is 0 Å². The van der Waals surface area contributed by atoms with E-state index >= 15 is 0 Å². The van der Waals surface area contributed by atoms with Crippen molar-refractivity contribution in [3.05, 3.63) is 311 Å². The molecule has 0 fully saturated rings. The van der Waals surface area contributed by atoms with Gasteiger partial charge in [0.05, 0.1) is 68.3 Å². The molecule has 0 unspecified atom stereocenters. The minimum atomic E-state index is 0.275. The van der Waals surface area contributed by atoms with E-state index in [0.717, 1.165) is 50.1 Å². The zero-order chi connectivity index (χ0) is 64.0. The Bertz CT molecular complexity index is 4840. The Kier molecular flexibility index (Phi) is 15.6. The maximum absolute atomic E-state index is 5.90. The summed E-state index contributed by atoms with van der Waals surface area (Å²) in [7, 11) is 0. The molecule has 13 aromatic heterocycles. The molecule has 0 aliphatic rings. The summed E-state index contributed by atoms with van der Waals surface area (Å²) in [5, 5.41) is 0. The molecule has 15 nitrogen and oxygen atoms in total. The maximum Gasteiger partial charge on any atom is 0.164 e. The van der Waals surface area contributed by atoms with Gasteiger partial charge in [-0.15, -0.1) is 0 Å². The predicted molar refractivity (Wildman–Crippen MR) is 375 cm³/mol. The molecule has 16 rings (SSSR count). The molecule has 0 N–H and O–H groups in total. The topological polar surface area (TPSA) is 193 Å². The van der Waals surface area contributed by atoms with Crippen molar-refractivity contribution >= 4 is 0 Å². The van der Waals surface area contributed by atoms with E-state index in [1.54, 1.807) is 74.4 Å².